The smallest absolute Gasteiger partial charge is 0.169 e. The van der Waals surface area contributed by atoms with Gasteiger partial charge in [0.2, 0.25) is 0 Å². The summed E-state index contributed by atoms with van der Waals surface area (Å²) >= 11 is 1.41. The lowest BCUT2D eigenvalue weighted by Crippen LogP contribution is -2.33. The van der Waals surface area contributed by atoms with E-state index in [1.807, 2.05) is 51.1 Å². The van der Waals surface area contributed by atoms with Gasteiger partial charge in [0.25, 0.3) is 0 Å². The number of hydrogen-bond acceptors (Lipinski definition) is 8. The van der Waals surface area contributed by atoms with E-state index in [2.05, 4.69) is 30.5 Å². The largest absolute Gasteiger partial charge is 0.373 e. The van der Waals surface area contributed by atoms with Crippen molar-refractivity contribution < 1.29 is 14.3 Å². The number of aliphatic hydroxyl groups excluding tert-OH is 1. The fourth-order valence-corrected chi connectivity index (χ4v) is 5.31. The zero-order valence-electron chi connectivity index (χ0n) is 22.2. The zero-order valence-corrected chi connectivity index (χ0v) is 23.0. The first-order valence-electron chi connectivity index (χ1n) is 12.6. The van der Waals surface area contributed by atoms with Crippen LogP contribution in [-0.2, 0) is 0 Å². The third-order valence-electron chi connectivity index (χ3n) is 6.64. The highest BCUT2D eigenvalue weighted by atomic mass is 32.1. The Morgan fingerprint density at radius 3 is 2.67 bits per heavy atom. The lowest BCUT2D eigenvalue weighted by atomic mass is 9.94. The van der Waals surface area contributed by atoms with Crippen molar-refractivity contribution in [2.24, 2.45) is 5.41 Å². The minimum absolute atomic E-state index is 0.0101. The summed E-state index contributed by atoms with van der Waals surface area (Å²) in [5.41, 5.74) is 3.75. The van der Waals surface area contributed by atoms with Crippen LogP contribution in [0.4, 0.5) is 10.1 Å². The first-order chi connectivity index (χ1) is 19.1. The van der Waals surface area contributed by atoms with Crippen molar-refractivity contribution >= 4 is 44.7 Å². The Morgan fingerprint density at radius 1 is 1.10 bits per heavy atom. The minimum atomic E-state index is -0.827. The quantitative estimate of drug-likeness (QED) is 0.138. The molecule has 1 aromatic carbocycles. The van der Waals surface area contributed by atoms with Gasteiger partial charge in [-0.2, -0.15) is 5.10 Å². The van der Waals surface area contributed by atoms with E-state index >= 15 is 4.39 Å². The second-order valence-electron chi connectivity index (χ2n) is 10.7. The van der Waals surface area contributed by atoms with Crippen LogP contribution in [0.3, 0.4) is 0 Å². The van der Waals surface area contributed by atoms with Gasteiger partial charge >= 0.3 is 0 Å². The molecule has 1 atom stereocenters. The number of pyridine rings is 2. The molecule has 1 unspecified atom stereocenters. The number of aliphatic hydroxyl groups is 1. The van der Waals surface area contributed by atoms with Crippen molar-refractivity contribution in [3.05, 3.63) is 65.7 Å². The number of H-pyrrole nitrogens is 2. The van der Waals surface area contributed by atoms with E-state index < -0.39 is 17.5 Å². The van der Waals surface area contributed by atoms with Crippen LogP contribution in [0, 0.1) is 11.2 Å². The molecule has 0 aliphatic heterocycles. The Morgan fingerprint density at radius 2 is 1.93 bits per heavy atom. The molecule has 4 N–H and O–H groups in total. The average molecular weight is 556 g/mol. The van der Waals surface area contributed by atoms with Crippen LogP contribution in [0.1, 0.15) is 37.4 Å². The van der Waals surface area contributed by atoms with E-state index in [0.717, 1.165) is 16.0 Å². The van der Waals surface area contributed by atoms with Gasteiger partial charge in [0, 0.05) is 27.6 Å². The molecule has 9 nitrogen and oxygen atoms in total. The summed E-state index contributed by atoms with van der Waals surface area (Å²) in [6.45, 7) is 7.26. The molecule has 0 radical (unpaired) electrons. The van der Waals surface area contributed by atoms with Crippen LogP contribution in [0.15, 0.2) is 55.0 Å². The summed E-state index contributed by atoms with van der Waals surface area (Å²) < 4.78 is 16.1. The Kier molecular flexibility index (Phi) is 6.20. The lowest BCUT2D eigenvalue weighted by molar-refractivity contribution is 0.0880. The standard InChI is InChI=1S/C29H26FN7O2S/c1-14(38)20-8-9-21(40-20)17-6-5-7-18-25(17)35-27(34-18)26-22-19(36-37-26)13-32-24(23(22)30)15-10-16(12-31-11-15)33-28(39)29(2,3)4/h5-13,28,33,39H,1-4H3,(H,34,35)(H,36,37). The molecule has 0 saturated heterocycles. The Bertz CT molecular complexity index is 1900. The molecule has 202 valence electrons. The van der Waals surface area contributed by atoms with E-state index in [0.29, 0.717) is 38.7 Å². The van der Waals surface area contributed by atoms with E-state index in [9.17, 15) is 9.90 Å². The van der Waals surface area contributed by atoms with Crippen LogP contribution in [0.25, 0.3) is 55.2 Å². The number of rotatable bonds is 6. The maximum atomic E-state index is 16.1. The number of aromatic nitrogens is 6. The van der Waals surface area contributed by atoms with Crippen LogP contribution in [-0.4, -0.2) is 47.3 Å². The van der Waals surface area contributed by atoms with Crippen LogP contribution in [0.2, 0.25) is 0 Å². The average Bonchev–Trinajstić information content (AvgIpc) is 3.66. The highest BCUT2D eigenvalue weighted by Crippen LogP contribution is 2.36. The SMILES string of the molecule is CC(=O)c1ccc(-c2cccc3[nH]c(-c4n[nH]c5cnc(-c6cncc(NC(O)C(C)(C)C)c6)c(F)c45)nc23)s1. The topological polar surface area (TPSA) is 132 Å². The highest BCUT2D eigenvalue weighted by molar-refractivity contribution is 7.17. The summed E-state index contributed by atoms with van der Waals surface area (Å²) in [5.74, 6) is -0.160. The number of carbonyl (C=O) groups excluding carboxylic acids is 1. The lowest BCUT2D eigenvalue weighted by Gasteiger charge is -2.27. The zero-order chi connectivity index (χ0) is 28.2. The number of hydrogen-bond donors (Lipinski definition) is 4. The molecule has 11 heteroatoms. The number of anilines is 1. The number of nitrogens with one attached hydrogen (secondary N) is 3. The molecule has 0 saturated carbocycles. The predicted molar refractivity (Wildman–Crippen MR) is 155 cm³/mol. The summed E-state index contributed by atoms with van der Waals surface area (Å²) in [7, 11) is 0. The molecule has 40 heavy (non-hydrogen) atoms. The van der Waals surface area contributed by atoms with Gasteiger partial charge in [-0.05, 0) is 31.2 Å². The molecule has 0 fully saturated rings. The van der Waals surface area contributed by atoms with Crippen molar-refractivity contribution in [2.75, 3.05) is 5.32 Å². The molecule has 0 aliphatic carbocycles. The normalized spacial score (nSPS) is 12.8. The van der Waals surface area contributed by atoms with Crippen LogP contribution >= 0.6 is 11.3 Å². The van der Waals surface area contributed by atoms with E-state index in [1.54, 1.807) is 19.2 Å². The van der Waals surface area contributed by atoms with Gasteiger partial charge in [-0.1, -0.05) is 32.9 Å². The van der Waals surface area contributed by atoms with Gasteiger partial charge in [-0.15, -0.1) is 11.3 Å². The third-order valence-corrected chi connectivity index (χ3v) is 7.85. The number of para-hydroxylation sites is 1. The van der Waals surface area contributed by atoms with Gasteiger partial charge in [0.15, 0.2) is 17.4 Å². The fraction of sp³-hybridized carbons (Fsp3) is 0.207. The van der Waals surface area contributed by atoms with Gasteiger partial charge in [-0.3, -0.25) is 19.9 Å². The number of imidazole rings is 1. The Balaban J connectivity index is 1.42. The first kappa shape index (κ1) is 25.8. The number of halogens is 1. The first-order valence-corrected chi connectivity index (χ1v) is 13.4. The second kappa shape index (κ2) is 9.61. The number of aromatic amines is 2. The summed E-state index contributed by atoms with van der Waals surface area (Å²) in [6, 6.07) is 11.2. The van der Waals surface area contributed by atoms with Gasteiger partial charge < -0.3 is 15.4 Å². The number of carbonyl (C=O) groups is 1. The van der Waals surface area contributed by atoms with Crippen molar-refractivity contribution in [2.45, 2.75) is 33.9 Å². The molecule has 0 spiro atoms. The molecule has 0 aliphatic rings. The molecule has 6 rings (SSSR count). The van der Waals surface area contributed by atoms with E-state index in [-0.39, 0.29) is 16.9 Å². The number of nitrogens with zero attached hydrogens (tertiary/aromatic N) is 4. The number of fused-ring (bicyclic) bond motifs is 2. The van der Waals surface area contributed by atoms with Crippen molar-refractivity contribution in [3.8, 4) is 33.2 Å². The third kappa shape index (κ3) is 4.52. The second-order valence-corrected chi connectivity index (χ2v) is 11.7. The fourth-order valence-electron chi connectivity index (χ4n) is 4.39. The van der Waals surface area contributed by atoms with Crippen molar-refractivity contribution in [1.82, 2.24) is 30.1 Å². The number of benzene rings is 1. The molecule has 6 aromatic rings. The number of Topliss-reactive ketones (excluding diaryl/α,β-unsaturated/α-hetero) is 1. The van der Waals surface area contributed by atoms with Crippen LogP contribution in [0.5, 0.6) is 0 Å². The monoisotopic (exact) mass is 555 g/mol. The molecule has 0 bridgehead atoms. The van der Waals surface area contributed by atoms with Gasteiger partial charge in [0.05, 0.1) is 44.9 Å². The molecular weight excluding hydrogens is 529 g/mol. The van der Waals surface area contributed by atoms with E-state index in [4.69, 9.17) is 4.98 Å². The van der Waals surface area contributed by atoms with Gasteiger partial charge in [-0.25, -0.2) is 9.37 Å². The Labute approximate surface area is 232 Å². The number of thiophene rings is 1. The minimum Gasteiger partial charge on any atom is -0.373 e. The molecule has 0 amide bonds. The van der Waals surface area contributed by atoms with E-state index in [1.165, 1.54) is 23.7 Å². The summed E-state index contributed by atoms with van der Waals surface area (Å²) in [5, 5.41) is 20.9. The van der Waals surface area contributed by atoms with Crippen LogP contribution < -0.4 is 5.32 Å². The maximum absolute atomic E-state index is 16.1. The van der Waals surface area contributed by atoms with Gasteiger partial charge in [0.1, 0.15) is 17.6 Å². The summed E-state index contributed by atoms with van der Waals surface area (Å²) in [6.07, 6.45) is 3.79. The molecular formula is C29H26FN7O2S. The van der Waals surface area contributed by atoms with Crippen molar-refractivity contribution in [1.29, 1.82) is 0 Å². The molecule has 5 aromatic heterocycles. The Hall–Kier alpha value is -4.48. The number of ketones is 1. The summed E-state index contributed by atoms with van der Waals surface area (Å²) in [4.78, 5) is 30.0. The van der Waals surface area contributed by atoms with Crippen molar-refractivity contribution in [3.63, 3.8) is 0 Å². The highest BCUT2D eigenvalue weighted by Gasteiger charge is 2.24. The molecule has 5 heterocycles. The predicted octanol–water partition coefficient (Wildman–Crippen LogP) is 6.41. The maximum Gasteiger partial charge on any atom is 0.169 e.